The Bertz CT molecular complexity index is 921. The zero-order chi connectivity index (χ0) is 19.3. The number of hydrogen-bond donors (Lipinski definition) is 0. The van der Waals surface area contributed by atoms with Gasteiger partial charge in [0, 0.05) is 17.4 Å². The lowest BCUT2D eigenvalue weighted by Crippen LogP contribution is -2.42. The maximum absolute atomic E-state index is 13.8. The Morgan fingerprint density at radius 3 is 2.82 bits per heavy atom. The van der Waals surface area contributed by atoms with Crippen molar-refractivity contribution in [2.75, 3.05) is 0 Å². The number of halogens is 1. The molecular formula is C25H27FO2. The molecule has 0 aromatic heterocycles. The van der Waals surface area contributed by atoms with Gasteiger partial charge in [-0.05, 0) is 79.2 Å². The van der Waals surface area contributed by atoms with E-state index in [1.54, 1.807) is 12.1 Å². The number of hydrogen-bond acceptors (Lipinski definition) is 2. The summed E-state index contributed by atoms with van der Waals surface area (Å²) in [6.07, 6.45) is 6.22. The second kappa shape index (κ2) is 6.72. The molecule has 3 heteroatoms. The highest BCUT2D eigenvalue weighted by Crippen LogP contribution is 2.59. The van der Waals surface area contributed by atoms with Gasteiger partial charge in [-0.3, -0.25) is 4.79 Å². The molecule has 146 valence electrons. The zero-order valence-electron chi connectivity index (χ0n) is 16.4. The summed E-state index contributed by atoms with van der Waals surface area (Å²) in [6, 6.07) is 13.2. The molecule has 0 radical (unpaired) electrons. The van der Waals surface area contributed by atoms with Gasteiger partial charge in [-0.2, -0.15) is 0 Å². The minimum absolute atomic E-state index is 0.0680. The minimum atomic E-state index is -0.223. The van der Waals surface area contributed by atoms with Crippen molar-refractivity contribution < 1.29 is 13.9 Å². The van der Waals surface area contributed by atoms with Gasteiger partial charge in [-0.1, -0.05) is 31.2 Å². The lowest BCUT2D eigenvalue weighted by atomic mass is 9.55. The van der Waals surface area contributed by atoms with Crippen LogP contribution < -0.4 is 4.74 Å². The summed E-state index contributed by atoms with van der Waals surface area (Å²) in [5.74, 6) is 2.87. The topological polar surface area (TPSA) is 26.3 Å². The molecule has 0 bridgehead atoms. The van der Waals surface area contributed by atoms with Crippen LogP contribution in [0.1, 0.15) is 61.6 Å². The van der Waals surface area contributed by atoms with E-state index in [1.165, 1.54) is 23.6 Å². The largest absolute Gasteiger partial charge is 0.489 e. The molecule has 3 aliphatic rings. The Morgan fingerprint density at radius 1 is 1.11 bits per heavy atom. The van der Waals surface area contributed by atoms with E-state index in [0.717, 1.165) is 37.9 Å². The van der Waals surface area contributed by atoms with Gasteiger partial charge in [0.05, 0.1) is 0 Å². The predicted octanol–water partition coefficient (Wildman–Crippen LogP) is 5.83. The Balaban J connectivity index is 1.35. The van der Waals surface area contributed by atoms with Crippen molar-refractivity contribution in [3.05, 3.63) is 65.0 Å². The molecule has 0 saturated heterocycles. The first-order valence-corrected chi connectivity index (χ1v) is 10.6. The second-order valence-electron chi connectivity index (χ2n) is 9.07. The average molecular weight is 378 g/mol. The standard InChI is InChI=1S/C25H27FO2/c1-25-13-12-20-19-9-7-18(28-15-17-4-2-3-5-23(17)26)14-16(19)6-8-21(20)22(25)10-11-24(25)27/h2-5,7,9,14,20-22H,6,8,10-13,15H2,1H3/t20-,21+,22+,25+/m1/s1. The van der Waals surface area contributed by atoms with Gasteiger partial charge in [0.15, 0.2) is 0 Å². The number of rotatable bonds is 3. The molecule has 2 aromatic carbocycles. The van der Waals surface area contributed by atoms with Crippen molar-refractivity contribution in [3.63, 3.8) is 0 Å². The van der Waals surface area contributed by atoms with E-state index in [1.807, 2.05) is 12.1 Å². The van der Waals surface area contributed by atoms with Crippen molar-refractivity contribution in [3.8, 4) is 5.75 Å². The SMILES string of the molecule is C[C@]12CC[C@@H]3c4ccc(OCc5ccccc5F)cc4CC[C@@H]3[C@@H]1CCC2=O. The first kappa shape index (κ1) is 17.9. The number of Topliss-reactive ketones (excluding diaryl/α,β-unsaturated/α-hetero) is 1. The molecule has 28 heavy (non-hydrogen) atoms. The van der Waals surface area contributed by atoms with Gasteiger partial charge >= 0.3 is 0 Å². The average Bonchev–Trinajstić information content (AvgIpc) is 3.02. The highest BCUT2D eigenvalue weighted by atomic mass is 19.1. The molecule has 2 fully saturated rings. The number of ketones is 1. The normalized spacial score (nSPS) is 31.1. The van der Waals surface area contributed by atoms with E-state index >= 15 is 0 Å². The lowest BCUT2D eigenvalue weighted by Gasteiger charge is -2.48. The fourth-order valence-corrected chi connectivity index (χ4v) is 6.20. The summed E-state index contributed by atoms with van der Waals surface area (Å²) in [5.41, 5.74) is 3.34. The molecule has 5 rings (SSSR count). The summed E-state index contributed by atoms with van der Waals surface area (Å²) >= 11 is 0. The molecule has 0 N–H and O–H groups in total. The van der Waals surface area contributed by atoms with Gasteiger partial charge in [0.1, 0.15) is 24.0 Å². The van der Waals surface area contributed by atoms with Crippen LogP contribution >= 0.6 is 0 Å². The third-order valence-electron chi connectivity index (χ3n) is 7.76. The second-order valence-corrected chi connectivity index (χ2v) is 9.07. The summed E-state index contributed by atoms with van der Waals surface area (Å²) < 4.78 is 19.7. The Hall–Kier alpha value is -2.16. The third kappa shape index (κ3) is 2.78. The van der Waals surface area contributed by atoms with Crippen molar-refractivity contribution >= 4 is 5.78 Å². The molecule has 0 amide bonds. The van der Waals surface area contributed by atoms with Crippen molar-refractivity contribution in [2.24, 2.45) is 17.3 Å². The fraction of sp³-hybridized carbons (Fsp3) is 0.480. The van der Waals surface area contributed by atoms with Crippen LogP contribution in [0.2, 0.25) is 0 Å². The first-order valence-electron chi connectivity index (χ1n) is 10.6. The molecule has 2 aromatic rings. The Kier molecular flexibility index (Phi) is 4.30. The number of ether oxygens (including phenoxy) is 1. The van der Waals surface area contributed by atoms with Crippen LogP contribution in [0.5, 0.6) is 5.75 Å². The van der Waals surface area contributed by atoms with Crippen LogP contribution in [0.4, 0.5) is 4.39 Å². The van der Waals surface area contributed by atoms with E-state index in [2.05, 4.69) is 19.1 Å². The predicted molar refractivity (Wildman–Crippen MR) is 107 cm³/mol. The quantitative estimate of drug-likeness (QED) is 0.672. The van der Waals surface area contributed by atoms with Gasteiger partial charge < -0.3 is 4.74 Å². The number of carbonyl (C=O) groups is 1. The fourth-order valence-electron chi connectivity index (χ4n) is 6.20. The van der Waals surface area contributed by atoms with Crippen molar-refractivity contribution in [1.29, 1.82) is 0 Å². The number of aryl methyl sites for hydroxylation is 1. The molecule has 4 atom stereocenters. The summed E-state index contributed by atoms with van der Waals surface area (Å²) in [4.78, 5) is 12.5. The number of benzene rings is 2. The summed E-state index contributed by atoms with van der Waals surface area (Å²) in [6.45, 7) is 2.47. The van der Waals surface area contributed by atoms with Crippen molar-refractivity contribution in [2.45, 2.75) is 58.0 Å². The Morgan fingerprint density at radius 2 is 1.96 bits per heavy atom. The van der Waals surface area contributed by atoms with Gasteiger partial charge in [-0.15, -0.1) is 0 Å². The summed E-state index contributed by atoms with van der Waals surface area (Å²) in [5, 5.41) is 0. The minimum Gasteiger partial charge on any atom is -0.489 e. The smallest absolute Gasteiger partial charge is 0.139 e. The van der Waals surface area contributed by atoms with E-state index in [4.69, 9.17) is 4.74 Å². The lowest BCUT2D eigenvalue weighted by molar-refractivity contribution is -0.129. The molecule has 3 aliphatic carbocycles. The van der Waals surface area contributed by atoms with Crippen LogP contribution in [0.3, 0.4) is 0 Å². The maximum atomic E-state index is 13.8. The van der Waals surface area contributed by atoms with Crippen LogP contribution in [0.25, 0.3) is 0 Å². The Labute approximate surface area is 166 Å². The molecule has 0 heterocycles. The number of carbonyl (C=O) groups excluding carboxylic acids is 1. The highest BCUT2D eigenvalue weighted by Gasteiger charge is 2.54. The molecule has 0 aliphatic heterocycles. The molecule has 0 unspecified atom stereocenters. The monoisotopic (exact) mass is 378 g/mol. The van der Waals surface area contributed by atoms with Crippen LogP contribution in [0, 0.1) is 23.1 Å². The zero-order valence-corrected chi connectivity index (χ0v) is 16.4. The molecule has 0 spiro atoms. The van der Waals surface area contributed by atoms with Crippen LogP contribution in [-0.2, 0) is 17.8 Å². The molecule has 2 nitrogen and oxygen atoms in total. The maximum Gasteiger partial charge on any atom is 0.139 e. The van der Waals surface area contributed by atoms with Crippen LogP contribution in [-0.4, -0.2) is 5.78 Å². The third-order valence-corrected chi connectivity index (χ3v) is 7.76. The van der Waals surface area contributed by atoms with E-state index in [9.17, 15) is 9.18 Å². The van der Waals surface area contributed by atoms with Crippen LogP contribution in [0.15, 0.2) is 42.5 Å². The first-order chi connectivity index (χ1) is 13.6. The van der Waals surface area contributed by atoms with Crippen molar-refractivity contribution in [1.82, 2.24) is 0 Å². The molecule has 2 saturated carbocycles. The van der Waals surface area contributed by atoms with Gasteiger partial charge in [-0.25, -0.2) is 4.39 Å². The van der Waals surface area contributed by atoms with Gasteiger partial charge in [0.2, 0.25) is 0 Å². The number of fused-ring (bicyclic) bond motifs is 5. The highest BCUT2D eigenvalue weighted by molar-refractivity contribution is 5.87. The van der Waals surface area contributed by atoms with Gasteiger partial charge in [0.25, 0.3) is 0 Å². The van der Waals surface area contributed by atoms with E-state index < -0.39 is 0 Å². The molecular weight excluding hydrogens is 351 g/mol. The summed E-state index contributed by atoms with van der Waals surface area (Å²) in [7, 11) is 0. The van der Waals surface area contributed by atoms with E-state index in [0.29, 0.717) is 29.1 Å². The van der Waals surface area contributed by atoms with E-state index in [-0.39, 0.29) is 17.8 Å².